The van der Waals surface area contributed by atoms with Crippen molar-refractivity contribution in [3.8, 4) is 0 Å². The molecule has 0 aromatic carbocycles. The first-order valence-corrected chi connectivity index (χ1v) is 9.44. The van der Waals surface area contributed by atoms with E-state index in [1.54, 1.807) is 0 Å². The molecule has 0 aromatic rings. The Morgan fingerprint density at radius 1 is 0.579 bits per heavy atom. The van der Waals surface area contributed by atoms with E-state index in [-0.39, 0.29) is 0 Å². The SMILES string of the molecule is CCCCCCCCC(CCl)CCCCCCCC. The summed E-state index contributed by atoms with van der Waals surface area (Å²) in [6.07, 6.45) is 19.6. The molecule has 0 saturated carbocycles. The lowest BCUT2D eigenvalue weighted by molar-refractivity contribution is 0.435. The van der Waals surface area contributed by atoms with E-state index < -0.39 is 0 Å². The minimum atomic E-state index is 0.791. The maximum absolute atomic E-state index is 6.09. The first-order valence-electron chi connectivity index (χ1n) is 8.91. The van der Waals surface area contributed by atoms with Crippen LogP contribution < -0.4 is 0 Å². The quantitative estimate of drug-likeness (QED) is 0.218. The molecule has 0 bridgehead atoms. The van der Waals surface area contributed by atoms with Crippen molar-refractivity contribution in [2.45, 2.75) is 104 Å². The normalized spacial score (nSPS) is 11.4. The molecule has 0 saturated heterocycles. The van der Waals surface area contributed by atoms with Crippen LogP contribution in [0.15, 0.2) is 0 Å². The first-order chi connectivity index (χ1) is 9.35. The van der Waals surface area contributed by atoms with Gasteiger partial charge >= 0.3 is 0 Å². The second kappa shape index (κ2) is 16.3. The molecule has 19 heavy (non-hydrogen) atoms. The van der Waals surface area contributed by atoms with Crippen LogP contribution in [0.5, 0.6) is 0 Å². The van der Waals surface area contributed by atoms with Crippen molar-refractivity contribution in [3.05, 3.63) is 0 Å². The van der Waals surface area contributed by atoms with Crippen LogP contribution in [0.2, 0.25) is 0 Å². The molecule has 1 heteroatoms. The summed E-state index contributed by atoms with van der Waals surface area (Å²) in [5, 5.41) is 0. The minimum Gasteiger partial charge on any atom is -0.126 e. The number of hydrogen-bond donors (Lipinski definition) is 0. The summed E-state index contributed by atoms with van der Waals surface area (Å²) < 4.78 is 0. The Balaban J connectivity index is 3.30. The monoisotopic (exact) mass is 288 g/mol. The molecule has 0 heterocycles. The van der Waals surface area contributed by atoms with E-state index in [4.69, 9.17) is 11.6 Å². The topological polar surface area (TPSA) is 0 Å². The number of unbranched alkanes of at least 4 members (excludes halogenated alkanes) is 10. The van der Waals surface area contributed by atoms with Crippen LogP contribution in [0.4, 0.5) is 0 Å². The van der Waals surface area contributed by atoms with Gasteiger partial charge in [0.15, 0.2) is 0 Å². The van der Waals surface area contributed by atoms with Crippen molar-refractivity contribution in [3.63, 3.8) is 0 Å². The van der Waals surface area contributed by atoms with Gasteiger partial charge in [0.05, 0.1) is 0 Å². The van der Waals surface area contributed by atoms with E-state index in [1.807, 2.05) is 0 Å². The van der Waals surface area contributed by atoms with Crippen LogP contribution >= 0.6 is 11.6 Å². The van der Waals surface area contributed by atoms with Gasteiger partial charge in [-0.2, -0.15) is 0 Å². The fourth-order valence-corrected chi connectivity index (χ4v) is 3.03. The van der Waals surface area contributed by atoms with Crippen LogP contribution in [0.25, 0.3) is 0 Å². The van der Waals surface area contributed by atoms with Crippen molar-refractivity contribution in [1.82, 2.24) is 0 Å². The number of alkyl halides is 1. The van der Waals surface area contributed by atoms with Crippen molar-refractivity contribution in [2.75, 3.05) is 5.88 Å². The Hall–Kier alpha value is 0.290. The molecular weight excluding hydrogens is 252 g/mol. The standard InChI is InChI=1S/C18H37Cl/c1-3-5-7-9-11-13-15-18(17-19)16-14-12-10-8-6-4-2/h18H,3-17H2,1-2H3. The van der Waals surface area contributed by atoms with Crippen molar-refractivity contribution in [2.24, 2.45) is 5.92 Å². The molecule has 0 radical (unpaired) electrons. The number of rotatable bonds is 15. The zero-order valence-corrected chi connectivity index (χ0v) is 14.3. The average Bonchev–Trinajstić information content (AvgIpc) is 2.44. The second-order valence-corrected chi connectivity index (χ2v) is 6.44. The van der Waals surface area contributed by atoms with Crippen molar-refractivity contribution >= 4 is 11.6 Å². The molecule has 0 rings (SSSR count). The summed E-state index contributed by atoms with van der Waals surface area (Å²) in [6, 6.07) is 0. The van der Waals surface area contributed by atoms with Crippen LogP contribution in [0.1, 0.15) is 104 Å². The molecule has 0 unspecified atom stereocenters. The van der Waals surface area contributed by atoms with Crippen molar-refractivity contribution in [1.29, 1.82) is 0 Å². The molecule has 0 aliphatic rings. The molecular formula is C18H37Cl. The average molecular weight is 289 g/mol. The molecule has 0 spiro atoms. The maximum atomic E-state index is 6.09. The summed E-state index contributed by atoms with van der Waals surface area (Å²) in [5.41, 5.74) is 0. The van der Waals surface area contributed by atoms with Gasteiger partial charge in [0.2, 0.25) is 0 Å². The van der Waals surface area contributed by atoms with E-state index in [1.165, 1.54) is 89.9 Å². The smallest absolute Gasteiger partial charge is 0.0251 e. The molecule has 0 atom stereocenters. The highest BCUT2D eigenvalue weighted by Gasteiger charge is 2.06. The van der Waals surface area contributed by atoms with Gasteiger partial charge in [-0.25, -0.2) is 0 Å². The van der Waals surface area contributed by atoms with E-state index in [9.17, 15) is 0 Å². The Morgan fingerprint density at radius 2 is 0.947 bits per heavy atom. The molecule has 0 aliphatic carbocycles. The third-order valence-electron chi connectivity index (χ3n) is 4.15. The van der Waals surface area contributed by atoms with E-state index in [0.717, 1.165) is 11.8 Å². The van der Waals surface area contributed by atoms with Gasteiger partial charge in [-0.05, 0) is 18.8 Å². The van der Waals surface area contributed by atoms with Gasteiger partial charge in [0.25, 0.3) is 0 Å². The van der Waals surface area contributed by atoms with Crippen molar-refractivity contribution < 1.29 is 0 Å². The van der Waals surface area contributed by atoms with E-state index in [2.05, 4.69) is 13.8 Å². The number of hydrogen-bond acceptors (Lipinski definition) is 0. The minimum absolute atomic E-state index is 0.791. The predicted octanol–water partition coefficient (Wildman–Crippen LogP) is 7.34. The Labute approximate surface area is 127 Å². The predicted molar refractivity (Wildman–Crippen MR) is 90.2 cm³/mol. The molecule has 0 N–H and O–H groups in total. The van der Waals surface area contributed by atoms with Gasteiger partial charge in [-0.15, -0.1) is 11.6 Å². The third kappa shape index (κ3) is 14.5. The molecule has 0 nitrogen and oxygen atoms in total. The summed E-state index contributed by atoms with van der Waals surface area (Å²) >= 11 is 6.09. The molecule has 116 valence electrons. The fourth-order valence-electron chi connectivity index (χ4n) is 2.73. The lowest BCUT2D eigenvalue weighted by atomic mass is 9.95. The Morgan fingerprint density at radius 3 is 1.32 bits per heavy atom. The summed E-state index contributed by atoms with van der Waals surface area (Å²) in [7, 11) is 0. The highest BCUT2D eigenvalue weighted by molar-refractivity contribution is 6.18. The fraction of sp³-hybridized carbons (Fsp3) is 1.00. The number of halogens is 1. The maximum Gasteiger partial charge on any atom is 0.0251 e. The highest BCUT2D eigenvalue weighted by Crippen LogP contribution is 2.20. The van der Waals surface area contributed by atoms with Gasteiger partial charge in [-0.3, -0.25) is 0 Å². The first kappa shape index (κ1) is 19.3. The van der Waals surface area contributed by atoms with Gasteiger partial charge in [0, 0.05) is 5.88 Å². The lowest BCUT2D eigenvalue weighted by Gasteiger charge is -2.13. The summed E-state index contributed by atoms with van der Waals surface area (Å²) in [5.74, 6) is 1.67. The van der Waals surface area contributed by atoms with E-state index >= 15 is 0 Å². The second-order valence-electron chi connectivity index (χ2n) is 6.13. The van der Waals surface area contributed by atoms with Gasteiger partial charge in [-0.1, -0.05) is 90.9 Å². The van der Waals surface area contributed by atoms with E-state index in [0.29, 0.717) is 0 Å². The van der Waals surface area contributed by atoms with Crippen LogP contribution in [0.3, 0.4) is 0 Å². The van der Waals surface area contributed by atoms with Gasteiger partial charge in [0.1, 0.15) is 0 Å². The molecule has 0 fully saturated rings. The summed E-state index contributed by atoms with van der Waals surface area (Å²) in [4.78, 5) is 0. The Bertz CT molecular complexity index is 140. The third-order valence-corrected chi connectivity index (χ3v) is 4.59. The zero-order valence-electron chi connectivity index (χ0n) is 13.6. The molecule has 0 aromatic heterocycles. The zero-order chi connectivity index (χ0) is 14.2. The highest BCUT2D eigenvalue weighted by atomic mass is 35.5. The lowest BCUT2D eigenvalue weighted by Crippen LogP contribution is -2.02. The van der Waals surface area contributed by atoms with Crippen LogP contribution in [0, 0.1) is 5.92 Å². The van der Waals surface area contributed by atoms with Crippen LogP contribution in [-0.2, 0) is 0 Å². The molecule has 0 amide bonds. The largest absolute Gasteiger partial charge is 0.126 e. The summed E-state index contributed by atoms with van der Waals surface area (Å²) in [6.45, 7) is 4.56. The molecule has 0 aliphatic heterocycles. The van der Waals surface area contributed by atoms with Crippen LogP contribution in [-0.4, -0.2) is 5.88 Å². The Kier molecular flexibility index (Phi) is 16.6. The van der Waals surface area contributed by atoms with Gasteiger partial charge < -0.3 is 0 Å².